The van der Waals surface area contributed by atoms with E-state index in [1.165, 1.54) is 10.2 Å². The molecule has 2 heterocycles. The van der Waals surface area contributed by atoms with Crippen LogP contribution in [0.4, 0.5) is 0 Å². The van der Waals surface area contributed by atoms with Crippen LogP contribution >= 0.6 is 0 Å². The first-order valence-corrected chi connectivity index (χ1v) is 10.7. The highest BCUT2D eigenvalue weighted by Gasteiger charge is 2.26. The molecule has 0 aliphatic heterocycles. The Morgan fingerprint density at radius 3 is 2.29 bits per heavy atom. The number of hydrogen-bond acceptors (Lipinski definition) is 5. The number of benzene rings is 1. The van der Waals surface area contributed by atoms with E-state index < -0.39 is 10.0 Å². The first kappa shape index (κ1) is 20.2. The van der Waals surface area contributed by atoms with E-state index in [9.17, 15) is 8.42 Å². The van der Waals surface area contributed by atoms with E-state index in [1.54, 1.807) is 19.9 Å². The van der Waals surface area contributed by atoms with Crippen LogP contribution < -0.4 is 4.72 Å². The molecule has 1 atom stereocenters. The fraction of sp³-hybridized carbons (Fsp3) is 0.350. The summed E-state index contributed by atoms with van der Waals surface area (Å²) in [4.78, 5) is 0.192. The zero-order chi connectivity index (χ0) is 20.5. The quantitative estimate of drug-likeness (QED) is 0.687. The van der Waals surface area contributed by atoms with E-state index >= 15 is 0 Å². The summed E-state index contributed by atoms with van der Waals surface area (Å²) in [7, 11) is -3.66. The normalized spacial score (nSPS) is 12.9. The van der Waals surface area contributed by atoms with Gasteiger partial charge in [0.2, 0.25) is 10.0 Å². The lowest BCUT2D eigenvalue weighted by Crippen LogP contribution is -2.32. The zero-order valence-corrected chi connectivity index (χ0v) is 17.6. The van der Waals surface area contributed by atoms with Crippen molar-refractivity contribution in [2.24, 2.45) is 0 Å². The Bertz CT molecular complexity index is 1070. The Morgan fingerprint density at radius 1 is 1.04 bits per heavy atom. The van der Waals surface area contributed by atoms with Crippen molar-refractivity contribution in [3.8, 4) is 17.1 Å². The summed E-state index contributed by atoms with van der Waals surface area (Å²) in [6.07, 6.45) is 0.706. The molecule has 0 saturated heterocycles. The molecule has 0 spiro atoms. The highest BCUT2D eigenvalue weighted by molar-refractivity contribution is 7.89. The Labute approximate surface area is 165 Å². The van der Waals surface area contributed by atoms with Gasteiger partial charge in [0.15, 0.2) is 5.82 Å². The third kappa shape index (κ3) is 3.98. The Kier molecular flexibility index (Phi) is 5.62. The van der Waals surface area contributed by atoms with Crippen molar-refractivity contribution < 1.29 is 8.42 Å². The molecule has 148 valence electrons. The maximum Gasteiger partial charge on any atom is 0.244 e. The third-order valence-corrected chi connectivity index (χ3v) is 6.52. The van der Waals surface area contributed by atoms with Gasteiger partial charge in [-0.05, 0) is 46.2 Å². The van der Waals surface area contributed by atoms with E-state index in [1.807, 2.05) is 51.1 Å². The van der Waals surface area contributed by atoms with Crippen molar-refractivity contribution in [3.05, 3.63) is 53.3 Å². The average Bonchev–Trinajstić information content (AvgIpc) is 2.97. The van der Waals surface area contributed by atoms with E-state index in [2.05, 4.69) is 20.0 Å². The highest BCUT2D eigenvalue weighted by Crippen LogP contribution is 2.23. The molecule has 0 amide bonds. The minimum atomic E-state index is -3.66. The number of nitrogens with zero attached hydrogens (tertiary/aromatic N) is 4. The van der Waals surface area contributed by atoms with Gasteiger partial charge in [0.05, 0.1) is 17.1 Å². The molecule has 3 aromatic rings. The molecule has 1 aromatic carbocycles. The number of aromatic nitrogens is 4. The highest BCUT2D eigenvalue weighted by atomic mass is 32.2. The number of sulfonamides is 1. The van der Waals surface area contributed by atoms with E-state index in [4.69, 9.17) is 0 Å². The topological polar surface area (TPSA) is 89.8 Å². The number of rotatable bonds is 6. The van der Waals surface area contributed by atoms with Crippen LogP contribution in [0.3, 0.4) is 0 Å². The first-order chi connectivity index (χ1) is 13.2. The standard InChI is InChI=1S/C20H25N5O2S/c1-6-14(3)24-28(26,27)20-15(4)23-25(16(20)5)19-12-11-18(21-22-19)17-9-7-13(2)8-10-17/h7-12,14,24H,6H2,1-5H3. The molecule has 3 rings (SSSR count). The molecule has 0 aliphatic carbocycles. The molecule has 0 saturated carbocycles. The Balaban J connectivity index is 1.96. The number of aryl methyl sites for hydroxylation is 2. The minimum absolute atomic E-state index is 0.152. The lowest BCUT2D eigenvalue weighted by Gasteiger charge is -2.12. The first-order valence-electron chi connectivity index (χ1n) is 9.22. The second-order valence-corrected chi connectivity index (χ2v) is 8.64. The van der Waals surface area contributed by atoms with Crippen LogP contribution in [0, 0.1) is 20.8 Å². The van der Waals surface area contributed by atoms with Crippen LogP contribution in [-0.2, 0) is 10.0 Å². The predicted octanol–water partition coefficient (Wildman–Crippen LogP) is 3.33. The van der Waals surface area contributed by atoms with Crippen molar-refractivity contribution in [3.63, 3.8) is 0 Å². The summed E-state index contributed by atoms with van der Waals surface area (Å²) in [5, 5.41) is 12.9. The summed E-state index contributed by atoms with van der Waals surface area (Å²) in [5.41, 5.74) is 3.83. The smallest absolute Gasteiger partial charge is 0.216 e. The molecule has 7 nitrogen and oxygen atoms in total. The van der Waals surface area contributed by atoms with Crippen molar-refractivity contribution >= 4 is 10.0 Å². The number of hydrogen-bond donors (Lipinski definition) is 1. The van der Waals surface area contributed by atoms with Gasteiger partial charge in [-0.25, -0.2) is 17.8 Å². The molecule has 0 aliphatic rings. The number of nitrogens with one attached hydrogen (secondary N) is 1. The fourth-order valence-electron chi connectivity index (χ4n) is 2.96. The largest absolute Gasteiger partial charge is 0.244 e. The molecular weight excluding hydrogens is 374 g/mol. The van der Waals surface area contributed by atoms with Gasteiger partial charge in [-0.1, -0.05) is 36.8 Å². The predicted molar refractivity (Wildman–Crippen MR) is 109 cm³/mol. The molecular formula is C20H25N5O2S. The lowest BCUT2D eigenvalue weighted by molar-refractivity contribution is 0.554. The SMILES string of the molecule is CCC(C)NS(=O)(=O)c1c(C)nn(-c2ccc(-c3ccc(C)cc3)nn2)c1C. The van der Waals surface area contributed by atoms with Crippen molar-refractivity contribution in [1.29, 1.82) is 0 Å². The van der Waals surface area contributed by atoms with Gasteiger partial charge in [0, 0.05) is 11.6 Å². The van der Waals surface area contributed by atoms with Crippen LogP contribution in [0.25, 0.3) is 17.1 Å². The molecule has 0 radical (unpaired) electrons. The molecule has 0 bridgehead atoms. The van der Waals surface area contributed by atoms with Gasteiger partial charge >= 0.3 is 0 Å². The molecule has 8 heteroatoms. The van der Waals surface area contributed by atoms with Crippen molar-refractivity contribution in [2.75, 3.05) is 0 Å². The molecule has 1 unspecified atom stereocenters. The Morgan fingerprint density at radius 2 is 1.71 bits per heavy atom. The minimum Gasteiger partial charge on any atom is -0.216 e. The van der Waals surface area contributed by atoms with Crippen LogP contribution in [0.5, 0.6) is 0 Å². The van der Waals surface area contributed by atoms with Crippen LogP contribution in [0.2, 0.25) is 0 Å². The maximum atomic E-state index is 12.8. The Hall–Kier alpha value is -2.58. The van der Waals surface area contributed by atoms with Crippen molar-refractivity contribution in [2.45, 2.75) is 52.0 Å². The van der Waals surface area contributed by atoms with Gasteiger partial charge in [-0.3, -0.25) is 0 Å². The van der Waals surface area contributed by atoms with Crippen molar-refractivity contribution in [1.82, 2.24) is 24.7 Å². The van der Waals surface area contributed by atoms with Gasteiger partial charge in [0.25, 0.3) is 0 Å². The second-order valence-electron chi connectivity index (χ2n) is 6.99. The third-order valence-electron chi connectivity index (χ3n) is 4.68. The van der Waals surface area contributed by atoms with Crippen LogP contribution in [-0.4, -0.2) is 34.4 Å². The summed E-state index contributed by atoms with van der Waals surface area (Å²) in [6.45, 7) is 9.20. The summed E-state index contributed by atoms with van der Waals surface area (Å²) >= 11 is 0. The summed E-state index contributed by atoms with van der Waals surface area (Å²) in [5.74, 6) is 0.474. The molecule has 0 fully saturated rings. The molecule has 28 heavy (non-hydrogen) atoms. The van der Waals surface area contributed by atoms with E-state index in [0.717, 1.165) is 11.3 Å². The maximum absolute atomic E-state index is 12.8. The molecule has 2 aromatic heterocycles. The summed E-state index contributed by atoms with van der Waals surface area (Å²) < 4.78 is 29.7. The van der Waals surface area contributed by atoms with Gasteiger partial charge in [0.1, 0.15) is 4.90 Å². The monoisotopic (exact) mass is 399 g/mol. The van der Waals surface area contributed by atoms with Crippen LogP contribution in [0.15, 0.2) is 41.3 Å². The van der Waals surface area contributed by atoms with Crippen LogP contribution in [0.1, 0.15) is 37.2 Å². The molecule has 1 N–H and O–H groups in total. The lowest BCUT2D eigenvalue weighted by atomic mass is 10.1. The summed E-state index contributed by atoms with van der Waals surface area (Å²) in [6, 6.07) is 11.5. The zero-order valence-electron chi connectivity index (χ0n) is 16.8. The fourth-order valence-corrected chi connectivity index (χ4v) is 4.68. The van der Waals surface area contributed by atoms with Gasteiger partial charge in [-0.15, -0.1) is 10.2 Å². The van der Waals surface area contributed by atoms with Gasteiger partial charge in [-0.2, -0.15) is 5.10 Å². The second kappa shape index (κ2) is 7.81. The average molecular weight is 400 g/mol. The van der Waals surface area contributed by atoms with Gasteiger partial charge < -0.3 is 0 Å². The van der Waals surface area contributed by atoms with E-state index in [0.29, 0.717) is 23.6 Å². The van der Waals surface area contributed by atoms with E-state index in [-0.39, 0.29) is 10.9 Å².